The molecule has 0 spiro atoms. The van der Waals surface area contributed by atoms with Gasteiger partial charge in [-0.2, -0.15) is 0 Å². The Bertz CT molecular complexity index is 405. The highest BCUT2D eigenvalue weighted by molar-refractivity contribution is 5.24. The Morgan fingerprint density at radius 2 is 2.00 bits per heavy atom. The third kappa shape index (κ3) is 3.22. The van der Waals surface area contributed by atoms with Gasteiger partial charge in [-0.1, -0.05) is 19.9 Å². The van der Waals surface area contributed by atoms with Crippen LogP contribution in [0.2, 0.25) is 0 Å². The number of nitrogens with zero attached hydrogens (tertiary/aromatic N) is 1. The van der Waals surface area contributed by atoms with Gasteiger partial charge in [-0.25, -0.2) is 4.98 Å². The van der Waals surface area contributed by atoms with Gasteiger partial charge in [-0.15, -0.1) is 0 Å². The zero-order chi connectivity index (χ0) is 13.2. The molecule has 100 valence electrons. The summed E-state index contributed by atoms with van der Waals surface area (Å²) in [6.45, 7) is 7.19. The molecule has 18 heavy (non-hydrogen) atoms. The van der Waals surface area contributed by atoms with Crippen molar-refractivity contribution in [1.82, 2.24) is 4.98 Å². The lowest BCUT2D eigenvalue weighted by molar-refractivity contribution is 0.0947. The average Bonchev–Trinajstić information content (AvgIpc) is 2.32. The highest BCUT2D eigenvalue weighted by Gasteiger charge is 2.27. The number of hydrogen-bond donors (Lipinski definition) is 1. The molecular formula is C15H24N2O. The second-order valence-corrected chi connectivity index (χ2v) is 6.08. The topological polar surface area (TPSA) is 48.1 Å². The molecule has 0 amide bonds. The summed E-state index contributed by atoms with van der Waals surface area (Å²) in [5, 5.41) is 0. The van der Waals surface area contributed by atoms with Crippen molar-refractivity contribution in [3.63, 3.8) is 0 Å². The maximum absolute atomic E-state index is 5.98. The van der Waals surface area contributed by atoms with Gasteiger partial charge in [0.1, 0.15) is 6.10 Å². The number of rotatable bonds is 3. The maximum Gasteiger partial charge on any atom is 0.213 e. The molecule has 2 rings (SSSR count). The van der Waals surface area contributed by atoms with Crippen LogP contribution in [0.1, 0.15) is 50.8 Å². The second kappa shape index (κ2) is 5.27. The molecule has 0 aromatic carbocycles. The van der Waals surface area contributed by atoms with E-state index in [1.165, 1.54) is 12.8 Å². The molecule has 0 saturated heterocycles. The van der Waals surface area contributed by atoms with Crippen LogP contribution in [-0.2, 0) is 6.54 Å². The minimum Gasteiger partial charge on any atom is -0.474 e. The first kappa shape index (κ1) is 13.3. The van der Waals surface area contributed by atoms with Gasteiger partial charge < -0.3 is 10.5 Å². The van der Waals surface area contributed by atoms with Crippen molar-refractivity contribution in [3.8, 4) is 5.88 Å². The van der Waals surface area contributed by atoms with Crippen molar-refractivity contribution in [2.75, 3.05) is 0 Å². The molecule has 1 heterocycles. The van der Waals surface area contributed by atoms with E-state index in [1.54, 1.807) is 0 Å². The number of ether oxygens (including phenoxy) is 1. The molecule has 1 saturated carbocycles. The largest absolute Gasteiger partial charge is 0.474 e. The van der Waals surface area contributed by atoms with E-state index in [2.05, 4.69) is 18.8 Å². The summed E-state index contributed by atoms with van der Waals surface area (Å²) in [5.41, 5.74) is 8.18. The van der Waals surface area contributed by atoms with Gasteiger partial charge in [-0.3, -0.25) is 0 Å². The number of aromatic nitrogens is 1. The molecule has 2 N–H and O–H groups in total. The van der Waals surface area contributed by atoms with E-state index in [4.69, 9.17) is 10.5 Å². The van der Waals surface area contributed by atoms with Crippen LogP contribution < -0.4 is 10.5 Å². The molecule has 0 radical (unpaired) electrons. The summed E-state index contributed by atoms with van der Waals surface area (Å²) in [6.07, 6.45) is 5.06. The lowest BCUT2D eigenvalue weighted by Gasteiger charge is -2.34. The quantitative estimate of drug-likeness (QED) is 0.893. The van der Waals surface area contributed by atoms with Crippen LogP contribution in [0.25, 0.3) is 0 Å². The molecule has 0 unspecified atom stereocenters. The molecule has 3 heteroatoms. The monoisotopic (exact) mass is 248 g/mol. The Morgan fingerprint density at radius 3 is 2.56 bits per heavy atom. The first-order valence-corrected chi connectivity index (χ1v) is 6.83. The summed E-state index contributed by atoms with van der Waals surface area (Å²) in [4.78, 5) is 4.47. The summed E-state index contributed by atoms with van der Waals surface area (Å²) >= 11 is 0. The van der Waals surface area contributed by atoms with Crippen LogP contribution in [0.4, 0.5) is 0 Å². The van der Waals surface area contributed by atoms with Crippen LogP contribution >= 0.6 is 0 Å². The zero-order valence-corrected chi connectivity index (χ0v) is 11.7. The molecule has 1 aliphatic carbocycles. The maximum atomic E-state index is 5.98. The Kier molecular flexibility index (Phi) is 3.91. The second-order valence-electron chi connectivity index (χ2n) is 6.08. The normalized spacial score (nSPS) is 19.8. The van der Waals surface area contributed by atoms with Crippen molar-refractivity contribution in [2.45, 2.75) is 59.1 Å². The predicted molar refractivity (Wildman–Crippen MR) is 73.5 cm³/mol. The van der Waals surface area contributed by atoms with Gasteiger partial charge in [0.2, 0.25) is 5.88 Å². The highest BCUT2D eigenvalue weighted by Crippen LogP contribution is 2.36. The van der Waals surface area contributed by atoms with E-state index in [-0.39, 0.29) is 0 Å². The Morgan fingerprint density at radius 1 is 1.33 bits per heavy atom. The first-order chi connectivity index (χ1) is 8.50. The van der Waals surface area contributed by atoms with E-state index >= 15 is 0 Å². The van der Waals surface area contributed by atoms with E-state index in [0.29, 0.717) is 18.1 Å². The number of nitrogens with two attached hydrogens (primary N) is 1. The summed E-state index contributed by atoms with van der Waals surface area (Å²) in [5.74, 6) is 0.745. The molecule has 1 fully saturated rings. The van der Waals surface area contributed by atoms with E-state index in [9.17, 15) is 0 Å². The molecule has 3 nitrogen and oxygen atoms in total. The first-order valence-electron chi connectivity index (χ1n) is 6.83. The lowest BCUT2D eigenvalue weighted by atomic mass is 9.76. The van der Waals surface area contributed by atoms with Gasteiger partial charge in [0.05, 0.1) is 0 Å². The fourth-order valence-electron chi connectivity index (χ4n) is 2.51. The molecule has 0 atom stereocenters. The van der Waals surface area contributed by atoms with Crippen molar-refractivity contribution in [3.05, 3.63) is 23.4 Å². The molecule has 1 aliphatic rings. The number of pyridine rings is 1. The van der Waals surface area contributed by atoms with Crippen molar-refractivity contribution in [2.24, 2.45) is 11.1 Å². The summed E-state index contributed by atoms with van der Waals surface area (Å²) in [7, 11) is 0. The Hall–Kier alpha value is -1.09. The van der Waals surface area contributed by atoms with Crippen LogP contribution in [0.15, 0.2) is 12.1 Å². The lowest BCUT2D eigenvalue weighted by Crippen LogP contribution is -2.28. The van der Waals surface area contributed by atoms with E-state index in [1.807, 2.05) is 19.1 Å². The van der Waals surface area contributed by atoms with Gasteiger partial charge in [0.15, 0.2) is 0 Å². The van der Waals surface area contributed by atoms with E-state index in [0.717, 1.165) is 30.0 Å². The molecular weight excluding hydrogens is 224 g/mol. The van der Waals surface area contributed by atoms with Gasteiger partial charge in [0.25, 0.3) is 0 Å². The number of hydrogen-bond acceptors (Lipinski definition) is 3. The van der Waals surface area contributed by atoms with Crippen LogP contribution in [0.3, 0.4) is 0 Å². The molecule has 0 aliphatic heterocycles. The van der Waals surface area contributed by atoms with Crippen LogP contribution in [0, 0.1) is 12.3 Å². The Labute approximate surface area is 110 Å². The minimum absolute atomic E-state index is 0.327. The third-order valence-electron chi connectivity index (χ3n) is 3.96. The van der Waals surface area contributed by atoms with Gasteiger partial charge in [-0.05, 0) is 43.6 Å². The van der Waals surface area contributed by atoms with Gasteiger partial charge in [0, 0.05) is 18.3 Å². The van der Waals surface area contributed by atoms with Crippen molar-refractivity contribution in [1.29, 1.82) is 0 Å². The van der Waals surface area contributed by atoms with Crippen LogP contribution in [0.5, 0.6) is 5.88 Å². The van der Waals surface area contributed by atoms with Gasteiger partial charge >= 0.3 is 0 Å². The minimum atomic E-state index is 0.327. The standard InChI is InChI=1S/C15H24N2O/c1-11-12(10-16)4-5-14(17-11)18-13-6-8-15(2,3)9-7-13/h4-5,13H,6-10,16H2,1-3H3. The fourth-order valence-corrected chi connectivity index (χ4v) is 2.51. The third-order valence-corrected chi connectivity index (χ3v) is 3.96. The fraction of sp³-hybridized carbons (Fsp3) is 0.667. The molecule has 1 aromatic rings. The predicted octanol–water partition coefficient (Wildman–Crippen LogP) is 3.20. The average molecular weight is 248 g/mol. The van der Waals surface area contributed by atoms with Crippen molar-refractivity contribution >= 4 is 0 Å². The van der Waals surface area contributed by atoms with Crippen LogP contribution in [-0.4, -0.2) is 11.1 Å². The highest BCUT2D eigenvalue weighted by atomic mass is 16.5. The Balaban J connectivity index is 1.96. The van der Waals surface area contributed by atoms with E-state index < -0.39 is 0 Å². The number of aryl methyl sites for hydroxylation is 1. The smallest absolute Gasteiger partial charge is 0.213 e. The summed E-state index contributed by atoms with van der Waals surface area (Å²) < 4.78 is 5.98. The zero-order valence-electron chi connectivity index (χ0n) is 11.7. The summed E-state index contributed by atoms with van der Waals surface area (Å²) in [6, 6.07) is 3.96. The molecule has 0 bridgehead atoms. The van der Waals surface area contributed by atoms with Crippen molar-refractivity contribution < 1.29 is 4.74 Å². The SMILES string of the molecule is Cc1nc(OC2CCC(C)(C)CC2)ccc1CN. The molecule has 1 aromatic heterocycles.